The second-order valence-electron chi connectivity index (χ2n) is 6.92. The fourth-order valence-electron chi connectivity index (χ4n) is 2.74. The number of hydrogen-bond acceptors (Lipinski definition) is 3. The highest BCUT2D eigenvalue weighted by atomic mass is 35.5. The molecule has 1 unspecified atom stereocenters. The van der Waals surface area contributed by atoms with E-state index in [4.69, 9.17) is 22.1 Å². The van der Waals surface area contributed by atoms with Crippen LogP contribution in [0.15, 0.2) is 18.2 Å². The van der Waals surface area contributed by atoms with Gasteiger partial charge in [0.05, 0.1) is 11.7 Å². The molecule has 1 aromatic rings. The van der Waals surface area contributed by atoms with Gasteiger partial charge < -0.3 is 15.4 Å². The molecular formula is C17H25ClN2O2. The number of hydrogen-bond donors (Lipinski definition) is 1. The van der Waals surface area contributed by atoms with Crippen molar-refractivity contribution in [2.75, 3.05) is 13.1 Å². The third-order valence-corrected chi connectivity index (χ3v) is 4.37. The minimum absolute atomic E-state index is 0.000977. The summed E-state index contributed by atoms with van der Waals surface area (Å²) < 4.78 is 5.75. The summed E-state index contributed by atoms with van der Waals surface area (Å²) in [5, 5.41) is 0.535. The lowest BCUT2D eigenvalue weighted by molar-refractivity contribution is 0.0528. The molecule has 0 radical (unpaired) electrons. The normalized spacial score (nSPS) is 21.0. The van der Waals surface area contributed by atoms with Crippen molar-refractivity contribution in [3.63, 3.8) is 0 Å². The number of carbonyl (C=O) groups is 1. The highest BCUT2D eigenvalue weighted by Crippen LogP contribution is 2.31. The van der Waals surface area contributed by atoms with Gasteiger partial charge in [0.15, 0.2) is 0 Å². The standard InChI is InChI=1S/C17H25ClN2O2/c1-11(2)22-14-6-5-12(18)9-13(14)16(21)20-8-7-15(19)17(3,4)10-20/h5-6,9,11,15H,7-8,10,19H2,1-4H3. The predicted octanol–water partition coefficient (Wildman–Crippen LogP) is 3.33. The van der Waals surface area contributed by atoms with Gasteiger partial charge in [0.25, 0.3) is 5.91 Å². The van der Waals surface area contributed by atoms with Gasteiger partial charge in [-0.05, 0) is 43.9 Å². The Kier molecular flexibility index (Phi) is 5.03. The van der Waals surface area contributed by atoms with Crippen LogP contribution in [0.5, 0.6) is 5.75 Å². The van der Waals surface area contributed by atoms with Crippen molar-refractivity contribution in [2.24, 2.45) is 11.1 Å². The summed E-state index contributed by atoms with van der Waals surface area (Å²) in [5.41, 5.74) is 6.58. The lowest BCUT2D eigenvalue weighted by Crippen LogP contribution is -2.54. The molecule has 5 heteroatoms. The highest BCUT2D eigenvalue weighted by molar-refractivity contribution is 6.31. The summed E-state index contributed by atoms with van der Waals surface area (Å²) in [5.74, 6) is 0.537. The lowest BCUT2D eigenvalue weighted by atomic mass is 9.79. The molecule has 1 aliphatic heterocycles. The van der Waals surface area contributed by atoms with E-state index in [1.54, 1.807) is 18.2 Å². The molecule has 0 aromatic heterocycles. The van der Waals surface area contributed by atoms with Gasteiger partial charge in [0, 0.05) is 24.2 Å². The molecule has 1 heterocycles. The number of likely N-dealkylation sites (tertiary alicyclic amines) is 1. The number of amides is 1. The third kappa shape index (κ3) is 3.73. The largest absolute Gasteiger partial charge is 0.490 e. The van der Waals surface area contributed by atoms with Gasteiger partial charge in [-0.25, -0.2) is 0 Å². The molecule has 1 saturated heterocycles. The molecule has 122 valence electrons. The molecule has 4 nitrogen and oxygen atoms in total. The third-order valence-electron chi connectivity index (χ3n) is 4.13. The molecule has 1 amide bonds. The first-order valence-electron chi connectivity index (χ1n) is 7.72. The summed E-state index contributed by atoms with van der Waals surface area (Å²) in [4.78, 5) is 14.7. The summed E-state index contributed by atoms with van der Waals surface area (Å²) in [7, 11) is 0. The molecule has 0 saturated carbocycles. The monoisotopic (exact) mass is 324 g/mol. The number of piperidine rings is 1. The van der Waals surface area contributed by atoms with Crippen LogP contribution in [0.3, 0.4) is 0 Å². The smallest absolute Gasteiger partial charge is 0.257 e. The zero-order valence-electron chi connectivity index (χ0n) is 13.7. The van der Waals surface area contributed by atoms with E-state index < -0.39 is 0 Å². The Morgan fingerprint density at radius 1 is 1.45 bits per heavy atom. The zero-order valence-corrected chi connectivity index (χ0v) is 14.5. The quantitative estimate of drug-likeness (QED) is 0.928. The summed E-state index contributed by atoms with van der Waals surface area (Å²) in [6, 6.07) is 5.30. The molecule has 0 spiro atoms. The maximum atomic E-state index is 12.9. The van der Waals surface area contributed by atoms with Crippen molar-refractivity contribution in [3.05, 3.63) is 28.8 Å². The van der Waals surface area contributed by atoms with Gasteiger partial charge in [-0.2, -0.15) is 0 Å². The van der Waals surface area contributed by atoms with Gasteiger partial charge in [-0.15, -0.1) is 0 Å². The fraction of sp³-hybridized carbons (Fsp3) is 0.588. The van der Waals surface area contributed by atoms with E-state index in [1.165, 1.54) is 0 Å². The van der Waals surface area contributed by atoms with E-state index in [9.17, 15) is 4.79 Å². The van der Waals surface area contributed by atoms with Crippen molar-refractivity contribution in [1.82, 2.24) is 4.90 Å². The van der Waals surface area contributed by atoms with E-state index in [0.717, 1.165) is 6.42 Å². The van der Waals surface area contributed by atoms with Gasteiger partial charge in [-0.3, -0.25) is 4.79 Å². The van der Waals surface area contributed by atoms with E-state index >= 15 is 0 Å². The number of ether oxygens (including phenoxy) is 1. The number of benzene rings is 1. The van der Waals surface area contributed by atoms with Crippen LogP contribution in [0.4, 0.5) is 0 Å². The maximum Gasteiger partial charge on any atom is 0.257 e. The Bertz CT molecular complexity index is 558. The summed E-state index contributed by atoms with van der Waals surface area (Å²) >= 11 is 6.07. The molecule has 1 aromatic carbocycles. The fourth-order valence-corrected chi connectivity index (χ4v) is 2.92. The van der Waals surface area contributed by atoms with E-state index in [-0.39, 0.29) is 23.5 Å². The minimum atomic E-state index is -0.0917. The molecule has 0 bridgehead atoms. The molecule has 22 heavy (non-hydrogen) atoms. The Balaban J connectivity index is 2.27. The lowest BCUT2D eigenvalue weighted by Gasteiger charge is -2.42. The van der Waals surface area contributed by atoms with Crippen molar-refractivity contribution in [3.8, 4) is 5.75 Å². The molecule has 1 aliphatic rings. The van der Waals surface area contributed by atoms with E-state index in [0.29, 0.717) is 29.4 Å². The Labute approximate surface area is 137 Å². The molecule has 1 atom stereocenters. The second kappa shape index (κ2) is 6.47. The van der Waals surface area contributed by atoms with Gasteiger partial charge in [-0.1, -0.05) is 25.4 Å². The number of nitrogens with zero attached hydrogens (tertiary/aromatic N) is 1. The second-order valence-corrected chi connectivity index (χ2v) is 7.35. The molecule has 2 rings (SSSR count). The van der Waals surface area contributed by atoms with Crippen molar-refractivity contribution in [2.45, 2.75) is 46.3 Å². The first-order chi connectivity index (χ1) is 10.2. The van der Waals surface area contributed by atoms with Gasteiger partial charge >= 0.3 is 0 Å². The van der Waals surface area contributed by atoms with Crippen LogP contribution in [-0.2, 0) is 0 Å². The topological polar surface area (TPSA) is 55.6 Å². The first kappa shape index (κ1) is 17.1. The SMILES string of the molecule is CC(C)Oc1ccc(Cl)cc1C(=O)N1CCC(N)C(C)(C)C1. The van der Waals surface area contributed by atoms with Crippen LogP contribution >= 0.6 is 11.6 Å². The number of halogens is 1. The number of nitrogens with two attached hydrogens (primary N) is 1. The van der Waals surface area contributed by atoms with Gasteiger partial charge in [0.2, 0.25) is 0 Å². The average Bonchev–Trinajstić information content (AvgIpc) is 2.42. The van der Waals surface area contributed by atoms with E-state index in [2.05, 4.69) is 13.8 Å². The molecular weight excluding hydrogens is 300 g/mol. The average molecular weight is 325 g/mol. The molecule has 0 aliphatic carbocycles. The van der Waals surface area contributed by atoms with E-state index in [1.807, 2.05) is 18.7 Å². The van der Waals surface area contributed by atoms with Crippen molar-refractivity contribution < 1.29 is 9.53 Å². The maximum absolute atomic E-state index is 12.9. The first-order valence-corrected chi connectivity index (χ1v) is 8.09. The van der Waals surface area contributed by atoms with Crippen molar-refractivity contribution >= 4 is 17.5 Å². The van der Waals surface area contributed by atoms with Crippen LogP contribution < -0.4 is 10.5 Å². The van der Waals surface area contributed by atoms with Crippen LogP contribution in [-0.4, -0.2) is 36.0 Å². The zero-order chi connectivity index (χ0) is 16.5. The van der Waals surface area contributed by atoms with Crippen molar-refractivity contribution in [1.29, 1.82) is 0 Å². The Morgan fingerprint density at radius 2 is 2.14 bits per heavy atom. The predicted molar refractivity (Wildman–Crippen MR) is 89.5 cm³/mol. The van der Waals surface area contributed by atoms with Crippen LogP contribution in [0.1, 0.15) is 44.5 Å². The van der Waals surface area contributed by atoms with Gasteiger partial charge in [0.1, 0.15) is 5.75 Å². The Hall–Kier alpha value is -1.26. The minimum Gasteiger partial charge on any atom is -0.490 e. The highest BCUT2D eigenvalue weighted by Gasteiger charge is 2.36. The van der Waals surface area contributed by atoms with Crippen LogP contribution in [0, 0.1) is 5.41 Å². The van der Waals surface area contributed by atoms with Crippen LogP contribution in [0.25, 0.3) is 0 Å². The summed E-state index contributed by atoms with van der Waals surface area (Å²) in [6.07, 6.45) is 0.804. The van der Waals surface area contributed by atoms with Crippen LogP contribution in [0.2, 0.25) is 5.02 Å². The molecule has 1 fully saturated rings. The Morgan fingerprint density at radius 3 is 2.73 bits per heavy atom. The number of carbonyl (C=O) groups excluding carboxylic acids is 1. The summed E-state index contributed by atoms with van der Waals surface area (Å²) in [6.45, 7) is 9.37. The molecule has 2 N–H and O–H groups in total. The number of rotatable bonds is 3.